The van der Waals surface area contributed by atoms with Gasteiger partial charge in [-0.05, 0) is 53.3 Å². The van der Waals surface area contributed by atoms with Gasteiger partial charge in [0.2, 0.25) is 10.0 Å². The summed E-state index contributed by atoms with van der Waals surface area (Å²) in [6.07, 6.45) is 1.65. The average Bonchev–Trinajstić information content (AvgIpc) is 2.86. The van der Waals surface area contributed by atoms with Crippen LogP contribution in [0, 0.1) is 0 Å². The van der Waals surface area contributed by atoms with E-state index in [-0.39, 0.29) is 10.8 Å². The second kappa shape index (κ2) is 5.78. The minimum absolute atomic E-state index is 0.139. The van der Waals surface area contributed by atoms with E-state index in [9.17, 15) is 13.2 Å². The van der Waals surface area contributed by atoms with Crippen LogP contribution in [0.1, 0.15) is 10.5 Å². The van der Waals surface area contributed by atoms with Crippen molar-refractivity contribution in [1.29, 1.82) is 0 Å². The Morgan fingerprint density at radius 1 is 1.25 bits per heavy atom. The molecule has 2 rings (SSSR count). The molecule has 6 nitrogen and oxygen atoms in total. The molecule has 0 bridgehead atoms. The fraction of sp³-hybridized carbons (Fsp3) is 0.0833. The van der Waals surface area contributed by atoms with Crippen LogP contribution in [-0.2, 0) is 10.0 Å². The first-order valence-electron chi connectivity index (χ1n) is 5.61. The second-order valence-electron chi connectivity index (χ2n) is 3.92. The van der Waals surface area contributed by atoms with Crippen molar-refractivity contribution in [3.8, 4) is 0 Å². The van der Waals surface area contributed by atoms with Crippen LogP contribution in [0.4, 0.5) is 5.69 Å². The Bertz CT molecular complexity index is 723. The Hall–Kier alpha value is -1.64. The number of rotatable bonds is 4. The van der Waals surface area contributed by atoms with E-state index in [4.69, 9.17) is 0 Å². The zero-order valence-electron chi connectivity index (χ0n) is 10.5. The van der Waals surface area contributed by atoms with Crippen LogP contribution in [0.3, 0.4) is 0 Å². The van der Waals surface area contributed by atoms with Crippen molar-refractivity contribution in [3.05, 3.63) is 46.7 Å². The van der Waals surface area contributed by atoms with Crippen molar-refractivity contribution < 1.29 is 13.2 Å². The number of aromatic amines is 1. The molecule has 0 spiro atoms. The third-order valence-corrected chi connectivity index (χ3v) is 4.47. The number of amides is 1. The average molecular weight is 358 g/mol. The predicted molar refractivity (Wildman–Crippen MR) is 79.1 cm³/mol. The second-order valence-corrected chi connectivity index (χ2v) is 6.72. The number of hydrogen-bond donors (Lipinski definition) is 3. The molecular weight excluding hydrogens is 346 g/mol. The molecule has 0 saturated heterocycles. The van der Waals surface area contributed by atoms with Crippen molar-refractivity contribution in [2.45, 2.75) is 4.90 Å². The van der Waals surface area contributed by atoms with E-state index in [1.54, 1.807) is 12.3 Å². The largest absolute Gasteiger partial charge is 0.356 e. The summed E-state index contributed by atoms with van der Waals surface area (Å²) >= 11 is 3.24. The molecule has 0 atom stereocenters. The molecular formula is C12H12BrN3O3S. The maximum absolute atomic E-state index is 11.9. The van der Waals surface area contributed by atoms with Crippen molar-refractivity contribution in [3.63, 3.8) is 0 Å². The highest BCUT2D eigenvalue weighted by atomic mass is 79.9. The summed E-state index contributed by atoms with van der Waals surface area (Å²) in [6.45, 7) is 0. The van der Waals surface area contributed by atoms with Gasteiger partial charge in [0.05, 0.1) is 4.90 Å². The molecule has 0 aliphatic rings. The molecule has 8 heteroatoms. The molecule has 1 heterocycles. The molecule has 0 fully saturated rings. The van der Waals surface area contributed by atoms with Gasteiger partial charge in [-0.15, -0.1) is 0 Å². The fourth-order valence-electron chi connectivity index (χ4n) is 1.53. The van der Waals surface area contributed by atoms with Crippen LogP contribution in [0.25, 0.3) is 0 Å². The van der Waals surface area contributed by atoms with Gasteiger partial charge in [0.1, 0.15) is 5.69 Å². The molecule has 106 valence electrons. The topological polar surface area (TPSA) is 91.1 Å². The van der Waals surface area contributed by atoms with Crippen LogP contribution in [-0.4, -0.2) is 26.4 Å². The van der Waals surface area contributed by atoms with Crippen LogP contribution < -0.4 is 10.0 Å². The van der Waals surface area contributed by atoms with E-state index in [1.165, 1.54) is 31.3 Å². The van der Waals surface area contributed by atoms with Gasteiger partial charge in [-0.1, -0.05) is 0 Å². The third-order valence-electron chi connectivity index (χ3n) is 2.58. The number of anilines is 1. The molecule has 0 saturated carbocycles. The summed E-state index contributed by atoms with van der Waals surface area (Å²) in [5.41, 5.74) is 0.916. The predicted octanol–water partition coefficient (Wildman–Crippen LogP) is 1.94. The Morgan fingerprint density at radius 2 is 1.90 bits per heavy atom. The van der Waals surface area contributed by atoms with Gasteiger partial charge < -0.3 is 10.3 Å². The number of benzene rings is 1. The normalized spacial score (nSPS) is 11.3. The molecule has 20 heavy (non-hydrogen) atoms. The van der Waals surface area contributed by atoms with E-state index < -0.39 is 10.0 Å². The number of halogens is 1. The first-order chi connectivity index (χ1) is 9.42. The molecule has 1 aromatic carbocycles. The maximum Gasteiger partial charge on any atom is 0.272 e. The molecule has 2 aromatic rings. The van der Waals surface area contributed by atoms with E-state index in [0.29, 0.717) is 11.4 Å². The van der Waals surface area contributed by atoms with Gasteiger partial charge >= 0.3 is 0 Å². The van der Waals surface area contributed by atoms with E-state index in [0.717, 1.165) is 4.47 Å². The summed E-state index contributed by atoms with van der Waals surface area (Å²) in [6, 6.07) is 7.55. The van der Waals surface area contributed by atoms with Gasteiger partial charge in [0, 0.05) is 16.4 Å². The first kappa shape index (κ1) is 14.8. The highest BCUT2D eigenvalue weighted by Gasteiger charge is 2.12. The summed E-state index contributed by atoms with van der Waals surface area (Å²) in [5, 5.41) is 2.66. The Labute approximate surface area is 124 Å². The zero-order valence-corrected chi connectivity index (χ0v) is 12.9. The molecule has 1 amide bonds. The van der Waals surface area contributed by atoms with Gasteiger partial charge in [0.25, 0.3) is 5.91 Å². The highest BCUT2D eigenvalue weighted by molar-refractivity contribution is 9.10. The minimum Gasteiger partial charge on any atom is -0.356 e. The number of nitrogens with one attached hydrogen (secondary N) is 3. The van der Waals surface area contributed by atoms with Crippen molar-refractivity contribution in [2.75, 3.05) is 12.4 Å². The van der Waals surface area contributed by atoms with Gasteiger partial charge in [-0.3, -0.25) is 4.79 Å². The molecule has 0 aliphatic carbocycles. The number of carbonyl (C=O) groups is 1. The summed E-state index contributed by atoms with van der Waals surface area (Å²) in [7, 11) is -2.13. The van der Waals surface area contributed by atoms with E-state index in [2.05, 4.69) is 31.0 Å². The van der Waals surface area contributed by atoms with Crippen molar-refractivity contribution in [2.24, 2.45) is 0 Å². The van der Waals surface area contributed by atoms with Gasteiger partial charge in [-0.25, -0.2) is 13.1 Å². The lowest BCUT2D eigenvalue weighted by molar-refractivity contribution is 0.102. The lowest BCUT2D eigenvalue weighted by Gasteiger charge is -2.06. The number of carbonyl (C=O) groups excluding carboxylic acids is 1. The monoisotopic (exact) mass is 357 g/mol. The number of aromatic nitrogens is 1. The number of hydrogen-bond acceptors (Lipinski definition) is 3. The minimum atomic E-state index is -3.47. The van der Waals surface area contributed by atoms with E-state index >= 15 is 0 Å². The van der Waals surface area contributed by atoms with Crippen molar-refractivity contribution >= 4 is 37.5 Å². The van der Waals surface area contributed by atoms with E-state index in [1.807, 2.05) is 0 Å². The maximum atomic E-state index is 11.9. The molecule has 1 aromatic heterocycles. The summed E-state index contributed by atoms with van der Waals surface area (Å²) in [4.78, 5) is 14.8. The lowest BCUT2D eigenvalue weighted by Crippen LogP contribution is -2.18. The molecule has 0 radical (unpaired) electrons. The third kappa shape index (κ3) is 3.27. The smallest absolute Gasteiger partial charge is 0.272 e. The Kier molecular flexibility index (Phi) is 4.26. The standard InChI is InChI=1S/C12H12BrN3O3S/c1-14-20(18,19)10-4-2-9(3-5-10)16-12(17)11-6-8(13)7-15-11/h2-7,14-15H,1H3,(H,16,17). The van der Waals surface area contributed by atoms with Crippen LogP contribution in [0.5, 0.6) is 0 Å². The van der Waals surface area contributed by atoms with Crippen molar-refractivity contribution in [1.82, 2.24) is 9.71 Å². The van der Waals surface area contributed by atoms with Crippen LogP contribution in [0.15, 0.2) is 45.9 Å². The lowest BCUT2D eigenvalue weighted by atomic mass is 10.3. The fourth-order valence-corrected chi connectivity index (χ4v) is 2.61. The first-order valence-corrected chi connectivity index (χ1v) is 7.89. The van der Waals surface area contributed by atoms with Crippen LogP contribution >= 0.6 is 15.9 Å². The number of sulfonamides is 1. The van der Waals surface area contributed by atoms with Gasteiger partial charge in [-0.2, -0.15) is 0 Å². The summed E-state index contributed by atoms with van der Waals surface area (Å²) < 4.78 is 26.1. The summed E-state index contributed by atoms with van der Waals surface area (Å²) in [5.74, 6) is -0.306. The Balaban J connectivity index is 2.14. The molecule has 0 aliphatic heterocycles. The zero-order chi connectivity index (χ0) is 14.8. The molecule has 3 N–H and O–H groups in total. The van der Waals surface area contributed by atoms with Crippen LogP contribution in [0.2, 0.25) is 0 Å². The molecule has 0 unspecified atom stereocenters. The highest BCUT2D eigenvalue weighted by Crippen LogP contribution is 2.16. The Morgan fingerprint density at radius 3 is 2.40 bits per heavy atom. The number of H-pyrrole nitrogens is 1. The SMILES string of the molecule is CNS(=O)(=O)c1ccc(NC(=O)c2cc(Br)c[nH]2)cc1. The quantitative estimate of drug-likeness (QED) is 0.780. The van der Waals surface area contributed by atoms with Gasteiger partial charge in [0.15, 0.2) is 0 Å².